The summed E-state index contributed by atoms with van der Waals surface area (Å²) in [5, 5.41) is 10.8. The zero-order chi connectivity index (χ0) is 16.2. The van der Waals surface area contributed by atoms with Gasteiger partial charge in [-0.25, -0.2) is 4.79 Å². The van der Waals surface area contributed by atoms with Gasteiger partial charge in [0.05, 0.1) is 22.8 Å². The van der Waals surface area contributed by atoms with Gasteiger partial charge in [-0.1, -0.05) is 23.2 Å². The molecule has 0 saturated heterocycles. The van der Waals surface area contributed by atoms with Crippen molar-refractivity contribution in [1.29, 1.82) is 0 Å². The van der Waals surface area contributed by atoms with Crippen LogP contribution in [0.2, 0.25) is 10.0 Å². The number of carbonyl (C=O) groups excluding carboxylic acids is 1. The standard InChI is InChI=1S/C16H18Cl2N4O/c17-13-6-5-12(9-14(13)18)21-16(23)19-7-8-22-15-4-2-1-3-11(15)10-20-22/h5-6,9-10H,1-4,7-8H2,(H2,19,21,23). The van der Waals surface area contributed by atoms with Crippen molar-refractivity contribution in [2.24, 2.45) is 0 Å². The lowest BCUT2D eigenvalue weighted by Gasteiger charge is -2.14. The lowest BCUT2D eigenvalue weighted by atomic mass is 9.98. The Labute approximate surface area is 145 Å². The number of rotatable bonds is 4. The van der Waals surface area contributed by atoms with Crippen LogP contribution in [0.15, 0.2) is 24.4 Å². The Morgan fingerprint density at radius 3 is 2.87 bits per heavy atom. The first-order valence-electron chi connectivity index (χ1n) is 7.67. The minimum atomic E-state index is -0.274. The van der Waals surface area contributed by atoms with Crippen molar-refractivity contribution < 1.29 is 4.79 Å². The molecule has 0 spiro atoms. The number of urea groups is 1. The molecule has 0 unspecified atom stereocenters. The Morgan fingerprint density at radius 1 is 1.22 bits per heavy atom. The molecule has 7 heteroatoms. The number of fused-ring (bicyclic) bond motifs is 1. The second kappa shape index (κ2) is 7.23. The predicted molar refractivity (Wildman–Crippen MR) is 92.4 cm³/mol. The summed E-state index contributed by atoms with van der Waals surface area (Å²) < 4.78 is 1.99. The lowest BCUT2D eigenvalue weighted by molar-refractivity contribution is 0.251. The third-order valence-electron chi connectivity index (χ3n) is 3.93. The number of nitrogens with one attached hydrogen (secondary N) is 2. The molecule has 1 heterocycles. The Balaban J connectivity index is 1.49. The summed E-state index contributed by atoms with van der Waals surface area (Å²) in [7, 11) is 0. The van der Waals surface area contributed by atoms with Gasteiger partial charge in [-0.05, 0) is 49.4 Å². The van der Waals surface area contributed by atoms with E-state index in [2.05, 4.69) is 15.7 Å². The van der Waals surface area contributed by atoms with Crippen molar-refractivity contribution in [3.8, 4) is 0 Å². The molecule has 3 rings (SSSR count). The van der Waals surface area contributed by atoms with E-state index >= 15 is 0 Å². The SMILES string of the molecule is O=C(NCCn1ncc2c1CCCC2)Nc1ccc(Cl)c(Cl)c1. The van der Waals surface area contributed by atoms with Crippen molar-refractivity contribution in [1.82, 2.24) is 15.1 Å². The molecule has 0 bridgehead atoms. The number of anilines is 1. The van der Waals surface area contributed by atoms with E-state index in [4.69, 9.17) is 23.2 Å². The molecule has 1 aliphatic carbocycles. The molecule has 122 valence electrons. The number of aryl methyl sites for hydroxylation is 1. The number of nitrogens with zero attached hydrogens (tertiary/aromatic N) is 2. The summed E-state index contributed by atoms with van der Waals surface area (Å²) in [5.74, 6) is 0. The van der Waals surface area contributed by atoms with E-state index in [0.29, 0.717) is 28.8 Å². The molecule has 0 saturated carbocycles. The maximum Gasteiger partial charge on any atom is 0.319 e. The van der Waals surface area contributed by atoms with Gasteiger partial charge in [0.25, 0.3) is 0 Å². The second-order valence-corrected chi connectivity index (χ2v) is 6.37. The first kappa shape index (κ1) is 16.1. The van der Waals surface area contributed by atoms with E-state index in [1.54, 1.807) is 18.2 Å². The van der Waals surface area contributed by atoms with E-state index in [1.807, 2.05) is 10.9 Å². The lowest BCUT2D eigenvalue weighted by Crippen LogP contribution is -2.32. The monoisotopic (exact) mass is 352 g/mol. The minimum absolute atomic E-state index is 0.274. The van der Waals surface area contributed by atoms with Gasteiger partial charge in [0, 0.05) is 17.9 Å². The maximum absolute atomic E-state index is 11.9. The molecule has 0 radical (unpaired) electrons. The van der Waals surface area contributed by atoms with E-state index in [0.717, 1.165) is 12.8 Å². The second-order valence-electron chi connectivity index (χ2n) is 5.56. The van der Waals surface area contributed by atoms with Crippen molar-refractivity contribution in [3.63, 3.8) is 0 Å². The average molecular weight is 353 g/mol. The summed E-state index contributed by atoms with van der Waals surface area (Å²) in [6.45, 7) is 1.19. The minimum Gasteiger partial charge on any atom is -0.336 e. The van der Waals surface area contributed by atoms with Crippen LogP contribution >= 0.6 is 23.2 Å². The average Bonchev–Trinajstić information content (AvgIpc) is 2.94. The zero-order valence-corrected chi connectivity index (χ0v) is 14.1. The van der Waals surface area contributed by atoms with Crippen molar-refractivity contribution in [3.05, 3.63) is 45.7 Å². The molecule has 1 aromatic heterocycles. The maximum atomic E-state index is 11.9. The van der Waals surface area contributed by atoms with Crippen LogP contribution in [0.3, 0.4) is 0 Å². The van der Waals surface area contributed by atoms with E-state index in [1.165, 1.54) is 24.1 Å². The number of hydrogen-bond acceptors (Lipinski definition) is 2. The van der Waals surface area contributed by atoms with Gasteiger partial charge >= 0.3 is 6.03 Å². The molecule has 2 N–H and O–H groups in total. The summed E-state index contributed by atoms with van der Waals surface area (Å²) in [6.07, 6.45) is 6.59. The highest BCUT2D eigenvalue weighted by Crippen LogP contribution is 2.25. The first-order valence-corrected chi connectivity index (χ1v) is 8.42. The summed E-state index contributed by atoms with van der Waals surface area (Å²) >= 11 is 11.8. The van der Waals surface area contributed by atoms with Gasteiger partial charge in [-0.15, -0.1) is 0 Å². The van der Waals surface area contributed by atoms with Crippen LogP contribution in [-0.4, -0.2) is 22.4 Å². The summed E-state index contributed by atoms with van der Waals surface area (Å²) in [6, 6.07) is 4.70. The van der Waals surface area contributed by atoms with Crippen LogP contribution in [0.1, 0.15) is 24.1 Å². The fourth-order valence-corrected chi connectivity index (χ4v) is 3.07. The smallest absolute Gasteiger partial charge is 0.319 e. The molecule has 23 heavy (non-hydrogen) atoms. The van der Waals surface area contributed by atoms with Crippen LogP contribution in [0.5, 0.6) is 0 Å². The zero-order valence-electron chi connectivity index (χ0n) is 12.6. The van der Waals surface area contributed by atoms with Gasteiger partial charge in [0.2, 0.25) is 0 Å². The summed E-state index contributed by atoms with van der Waals surface area (Å²) in [5.41, 5.74) is 3.26. The number of halogens is 2. The van der Waals surface area contributed by atoms with Crippen LogP contribution < -0.4 is 10.6 Å². The highest BCUT2D eigenvalue weighted by atomic mass is 35.5. The fourth-order valence-electron chi connectivity index (χ4n) is 2.77. The quantitative estimate of drug-likeness (QED) is 0.876. The highest BCUT2D eigenvalue weighted by Gasteiger charge is 2.14. The van der Waals surface area contributed by atoms with Crippen LogP contribution in [0, 0.1) is 0 Å². The molecule has 0 fully saturated rings. The van der Waals surface area contributed by atoms with E-state index < -0.39 is 0 Å². The molecular weight excluding hydrogens is 335 g/mol. The van der Waals surface area contributed by atoms with Crippen LogP contribution in [-0.2, 0) is 19.4 Å². The molecule has 2 amide bonds. The molecular formula is C16H18Cl2N4O. The number of carbonyl (C=O) groups is 1. The Bertz CT molecular complexity index is 714. The normalized spacial score (nSPS) is 13.5. The van der Waals surface area contributed by atoms with Gasteiger partial charge in [0.1, 0.15) is 0 Å². The molecule has 2 aromatic rings. The van der Waals surface area contributed by atoms with Crippen LogP contribution in [0.25, 0.3) is 0 Å². The van der Waals surface area contributed by atoms with Crippen molar-refractivity contribution in [2.75, 3.05) is 11.9 Å². The molecule has 1 aromatic carbocycles. The Hall–Kier alpha value is -1.72. The van der Waals surface area contributed by atoms with E-state index in [9.17, 15) is 4.79 Å². The van der Waals surface area contributed by atoms with Crippen molar-refractivity contribution >= 4 is 34.9 Å². The fraction of sp³-hybridized carbons (Fsp3) is 0.375. The Morgan fingerprint density at radius 2 is 2.04 bits per heavy atom. The Kier molecular flexibility index (Phi) is 5.08. The first-order chi connectivity index (χ1) is 11.1. The molecule has 0 atom stereocenters. The van der Waals surface area contributed by atoms with Crippen molar-refractivity contribution in [2.45, 2.75) is 32.2 Å². The molecule has 5 nitrogen and oxygen atoms in total. The van der Waals surface area contributed by atoms with E-state index in [-0.39, 0.29) is 6.03 Å². The molecule has 1 aliphatic rings. The largest absolute Gasteiger partial charge is 0.336 e. The van der Waals surface area contributed by atoms with Crippen LogP contribution in [0.4, 0.5) is 10.5 Å². The third-order valence-corrected chi connectivity index (χ3v) is 4.67. The van der Waals surface area contributed by atoms with Gasteiger partial charge in [-0.2, -0.15) is 5.10 Å². The highest BCUT2D eigenvalue weighted by molar-refractivity contribution is 6.42. The number of hydrogen-bond donors (Lipinski definition) is 2. The predicted octanol–water partition coefficient (Wildman–Crippen LogP) is 3.89. The van der Waals surface area contributed by atoms with Gasteiger partial charge in [0.15, 0.2) is 0 Å². The number of amides is 2. The third kappa shape index (κ3) is 3.98. The molecule has 0 aliphatic heterocycles. The van der Waals surface area contributed by atoms with Gasteiger partial charge < -0.3 is 10.6 Å². The number of aromatic nitrogens is 2. The topological polar surface area (TPSA) is 59.0 Å². The number of benzene rings is 1. The summed E-state index contributed by atoms with van der Waals surface area (Å²) in [4.78, 5) is 11.9. The van der Waals surface area contributed by atoms with Gasteiger partial charge in [-0.3, -0.25) is 4.68 Å².